The number of alkyl halides is 3. The molecular weight excluding hydrogens is 425 g/mol. The van der Waals surface area contributed by atoms with Gasteiger partial charge in [-0.15, -0.1) is 0 Å². The Balaban J connectivity index is 0.000000286. The minimum absolute atomic E-state index is 0.0180. The zero-order chi connectivity index (χ0) is 24.0. The largest absolute Gasteiger partial charge is 0.395 e. The SMILES string of the molecule is C[C@H](c1ccc(C(=O)N(C2CCCCC2)C2CC2)cc1)C(F)(F)F.Cc1ccc(C#N)cc1. The Hall–Kier alpha value is -2.81. The zero-order valence-electron chi connectivity index (χ0n) is 19.2. The Morgan fingerprint density at radius 2 is 1.48 bits per heavy atom. The average Bonchev–Trinajstić information content (AvgIpc) is 3.65. The second-order valence-corrected chi connectivity index (χ2v) is 9.10. The predicted octanol–water partition coefficient (Wildman–Crippen LogP) is 7.16. The van der Waals surface area contributed by atoms with Crippen LogP contribution in [0.15, 0.2) is 48.5 Å². The summed E-state index contributed by atoms with van der Waals surface area (Å²) in [6, 6.07) is 16.2. The van der Waals surface area contributed by atoms with Crippen molar-refractivity contribution in [3.05, 3.63) is 70.8 Å². The smallest absolute Gasteiger partial charge is 0.333 e. The second kappa shape index (κ2) is 10.9. The lowest BCUT2D eigenvalue weighted by Gasteiger charge is -2.34. The van der Waals surface area contributed by atoms with E-state index < -0.39 is 12.1 Å². The van der Waals surface area contributed by atoms with Crippen molar-refractivity contribution in [3.63, 3.8) is 0 Å². The van der Waals surface area contributed by atoms with Crippen molar-refractivity contribution in [1.29, 1.82) is 5.26 Å². The Morgan fingerprint density at radius 1 is 0.939 bits per heavy atom. The first kappa shape index (κ1) is 24.8. The quantitative estimate of drug-likeness (QED) is 0.490. The molecule has 0 N–H and O–H groups in total. The Kier molecular flexibility index (Phi) is 8.18. The maximum Gasteiger partial charge on any atom is 0.395 e. The van der Waals surface area contributed by atoms with Crippen LogP contribution in [0.2, 0.25) is 0 Å². The normalized spacial score (nSPS) is 17.3. The molecule has 4 rings (SSSR count). The van der Waals surface area contributed by atoms with E-state index >= 15 is 0 Å². The van der Waals surface area contributed by atoms with Gasteiger partial charge >= 0.3 is 6.18 Å². The summed E-state index contributed by atoms with van der Waals surface area (Å²) in [6.07, 6.45) is 3.47. The fraction of sp³-hybridized carbons (Fsp3) is 0.481. The molecule has 33 heavy (non-hydrogen) atoms. The maximum absolute atomic E-state index is 12.9. The molecule has 0 bridgehead atoms. The second-order valence-electron chi connectivity index (χ2n) is 9.10. The van der Waals surface area contributed by atoms with Crippen molar-refractivity contribution in [1.82, 2.24) is 4.90 Å². The number of carbonyl (C=O) groups is 1. The van der Waals surface area contributed by atoms with E-state index in [1.165, 1.54) is 24.1 Å². The van der Waals surface area contributed by atoms with Gasteiger partial charge < -0.3 is 4.90 Å². The van der Waals surface area contributed by atoms with Crippen molar-refractivity contribution in [2.75, 3.05) is 0 Å². The molecule has 176 valence electrons. The fourth-order valence-electron chi connectivity index (χ4n) is 4.22. The van der Waals surface area contributed by atoms with E-state index in [9.17, 15) is 18.0 Å². The fourth-order valence-corrected chi connectivity index (χ4v) is 4.22. The number of nitriles is 1. The summed E-state index contributed by atoms with van der Waals surface area (Å²) in [6.45, 7) is 3.15. The molecule has 2 aliphatic carbocycles. The highest BCUT2D eigenvalue weighted by Gasteiger charge is 2.39. The Morgan fingerprint density at radius 3 is 1.97 bits per heavy atom. The standard InChI is InChI=1S/C19H24F3NO.C8H7N/c1-13(19(20,21)22)14-7-9-15(10-8-14)18(24)23(17-11-12-17)16-5-3-2-4-6-16;1-7-2-4-8(6-9)5-3-7/h7-10,13,16-17H,2-6,11-12H2,1H3;2-5H,1H3/t13-;/m1./s1. The topological polar surface area (TPSA) is 44.1 Å². The van der Waals surface area contributed by atoms with Gasteiger partial charge in [-0.3, -0.25) is 4.79 Å². The summed E-state index contributed by atoms with van der Waals surface area (Å²) in [4.78, 5) is 14.9. The minimum Gasteiger partial charge on any atom is -0.333 e. The first-order valence-corrected chi connectivity index (χ1v) is 11.7. The molecular formula is C27H31F3N2O. The molecule has 0 spiro atoms. The van der Waals surface area contributed by atoms with Crippen molar-refractivity contribution in [2.24, 2.45) is 0 Å². The Bertz CT molecular complexity index is 951. The first-order valence-electron chi connectivity index (χ1n) is 11.7. The van der Waals surface area contributed by atoms with Crippen molar-refractivity contribution >= 4 is 5.91 Å². The van der Waals surface area contributed by atoms with E-state index in [4.69, 9.17) is 5.26 Å². The lowest BCUT2D eigenvalue weighted by molar-refractivity contribution is -0.146. The van der Waals surface area contributed by atoms with Gasteiger partial charge in [-0.25, -0.2) is 0 Å². The predicted molar refractivity (Wildman–Crippen MR) is 123 cm³/mol. The van der Waals surface area contributed by atoms with E-state index in [0.29, 0.717) is 17.6 Å². The molecule has 2 saturated carbocycles. The van der Waals surface area contributed by atoms with Crippen LogP contribution in [-0.2, 0) is 0 Å². The summed E-state index contributed by atoms with van der Waals surface area (Å²) in [5, 5.41) is 8.38. The van der Waals surface area contributed by atoms with Crippen molar-refractivity contribution < 1.29 is 18.0 Å². The van der Waals surface area contributed by atoms with Crippen LogP contribution in [0, 0.1) is 18.3 Å². The number of halogens is 3. The monoisotopic (exact) mass is 456 g/mol. The van der Waals surface area contributed by atoms with Crippen molar-refractivity contribution in [3.8, 4) is 6.07 Å². The number of aryl methyl sites for hydroxylation is 1. The third-order valence-electron chi connectivity index (χ3n) is 6.47. The van der Waals surface area contributed by atoms with Crippen LogP contribution in [-0.4, -0.2) is 29.1 Å². The molecule has 0 aliphatic heterocycles. The molecule has 0 radical (unpaired) electrons. The number of nitrogens with zero attached hydrogens (tertiary/aromatic N) is 2. The van der Waals surface area contributed by atoms with Gasteiger partial charge in [0, 0.05) is 17.6 Å². The molecule has 0 heterocycles. The van der Waals surface area contributed by atoms with Crippen LogP contribution in [0.3, 0.4) is 0 Å². The molecule has 3 nitrogen and oxygen atoms in total. The molecule has 1 atom stereocenters. The summed E-state index contributed by atoms with van der Waals surface area (Å²) in [5.41, 5.74) is 2.62. The molecule has 0 unspecified atom stereocenters. The van der Waals surface area contributed by atoms with E-state index in [2.05, 4.69) is 6.07 Å². The zero-order valence-corrected chi connectivity index (χ0v) is 19.2. The number of amides is 1. The Labute approximate surface area is 194 Å². The molecule has 2 aromatic carbocycles. The van der Waals surface area contributed by atoms with Gasteiger partial charge in [0.1, 0.15) is 0 Å². The van der Waals surface area contributed by atoms with Gasteiger partial charge in [0.2, 0.25) is 0 Å². The summed E-state index contributed by atoms with van der Waals surface area (Å²) < 4.78 is 38.4. The van der Waals surface area contributed by atoms with Gasteiger partial charge in [-0.05, 0) is 69.4 Å². The lowest BCUT2D eigenvalue weighted by atomic mass is 9.93. The van der Waals surface area contributed by atoms with E-state index in [1.807, 2.05) is 36.1 Å². The van der Waals surface area contributed by atoms with Gasteiger partial charge in [-0.2, -0.15) is 18.4 Å². The van der Waals surface area contributed by atoms with Crippen LogP contribution in [0.5, 0.6) is 0 Å². The first-order chi connectivity index (χ1) is 15.7. The highest BCUT2D eigenvalue weighted by atomic mass is 19.4. The summed E-state index contributed by atoms with van der Waals surface area (Å²) >= 11 is 0. The third kappa shape index (κ3) is 6.83. The molecule has 2 aromatic rings. The number of hydrogen-bond acceptors (Lipinski definition) is 2. The summed E-state index contributed by atoms with van der Waals surface area (Å²) in [5.74, 6) is -1.53. The number of carbonyl (C=O) groups excluding carboxylic acids is 1. The van der Waals surface area contributed by atoms with Crippen LogP contribution < -0.4 is 0 Å². The van der Waals surface area contributed by atoms with Crippen LogP contribution in [0.25, 0.3) is 0 Å². The van der Waals surface area contributed by atoms with E-state index in [-0.39, 0.29) is 11.5 Å². The van der Waals surface area contributed by atoms with Crippen molar-refractivity contribution in [2.45, 2.75) is 83.0 Å². The highest BCUT2D eigenvalue weighted by Crippen LogP contribution is 2.36. The van der Waals surface area contributed by atoms with Crippen LogP contribution in [0.1, 0.15) is 84.8 Å². The van der Waals surface area contributed by atoms with E-state index in [1.54, 1.807) is 12.1 Å². The molecule has 2 fully saturated rings. The number of hydrogen-bond donors (Lipinski definition) is 0. The molecule has 6 heteroatoms. The van der Waals surface area contributed by atoms with Gasteiger partial charge in [-0.1, -0.05) is 49.1 Å². The number of benzene rings is 2. The van der Waals surface area contributed by atoms with Gasteiger partial charge in [0.25, 0.3) is 5.91 Å². The van der Waals surface area contributed by atoms with Crippen LogP contribution >= 0.6 is 0 Å². The van der Waals surface area contributed by atoms with Gasteiger partial charge in [0.05, 0.1) is 17.6 Å². The number of rotatable bonds is 4. The summed E-state index contributed by atoms with van der Waals surface area (Å²) in [7, 11) is 0. The molecule has 0 saturated heterocycles. The minimum atomic E-state index is -4.26. The molecule has 2 aliphatic rings. The highest BCUT2D eigenvalue weighted by molar-refractivity contribution is 5.95. The molecule has 1 amide bonds. The maximum atomic E-state index is 12.9. The third-order valence-corrected chi connectivity index (χ3v) is 6.47. The lowest BCUT2D eigenvalue weighted by Crippen LogP contribution is -2.43. The average molecular weight is 457 g/mol. The van der Waals surface area contributed by atoms with E-state index in [0.717, 1.165) is 51.0 Å². The van der Waals surface area contributed by atoms with Gasteiger partial charge in [0.15, 0.2) is 0 Å². The molecule has 0 aromatic heterocycles. The van der Waals surface area contributed by atoms with Crippen LogP contribution in [0.4, 0.5) is 13.2 Å².